The number of hydrogen-bond donors (Lipinski definition) is 8. The normalized spacial score (nSPS) is 9.14. The quantitative estimate of drug-likeness (QED) is 0.0793. The number of nitrogens with two attached hydrogens (primary N) is 4. The van der Waals surface area contributed by atoms with Crippen LogP contribution in [0.2, 0.25) is 0 Å². The Morgan fingerprint density at radius 1 is 0.339 bits per heavy atom. The number of para-hydroxylation sites is 8. The summed E-state index contributed by atoms with van der Waals surface area (Å²) in [6, 6.07) is 31.5. The number of hydrogen-bond acceptors (Lipinski definition) is 16. The number of benzene rings is 4. The lowest BCUT2D eigenvalue weighted by atomic mass is 10.3. The van der Waals surface area contributed by atoms with Gasteiger partial charge < -0.3 is 61.3 Å². The van der Waals surface area contributed by atoms with Crippen molar-refractivity contribution in [2.45, 2.75) is 0 Å². The highest BCUT2D eigenvalue weighted by atomic mass is 16.9. The molecule has 296 valence electrons. The first-order chi connectivity index (χ1) is 26.4. The Balaban J connectivity index is 0.000000332. The van der Waals surface area contributed by atoms with Gasteiger partial charge in [0.15, 0.2) is 0 Å². The van der Waals surface area contributed by atoms with Gasteiger partial charge in [0.1, 0.15) is 44.1 Å². The van der Waals surface area contributed by atoms with Gasteiger partial charge in [0.2, 0.25) is 0 Å². The number of imidazole rings is 4. The molecule has 0 aliphatic heterocycles. The fraction of sp³-hybridized carbons (Fsp3) is 0. The minimum atomic E-state index is -1.75. The molecule has 28 heteroatoms. The van der Waals surface area contributed by atoms with Crippen LogP contribution in [-0.2, 0) is 0 Å². The molecule has 0 radical (unpaired) electrons. The summed E-state index contributed by atoms with van der Waals surface area (Å²) in [5.74, 6) is 2.39. The molecule has 0 bridgehead atoms. The van der Waals surface area contributed by atoms with Gasteiger partial charge in [-0.05, 0) is 48.5 Å². The first-order valence-electron chi connectivity index (χ1n) is 14.7. The van der Waals surface area contributed by atoms with Crippen LogP contribution in [0, 0.1) is 61.3 Å². The van der Waals surface area contributed by atoms with E-state index in [-0.39, 0.29) is 0 Å². The van der Waals surface area contributed by atoms with E-state index in [4.69, 9.17) is 84.2 Å². The van der Waals surface area contributed by atoms with Crippen molar-refractivity contribution in [2.24, 2.45) is 0 Å². The smallest absolute Gasteiger partial charge is 0.351 e. The fourth-order valence-electron chi connectivity index (χ4n) is 4.09. The van der Waals surface area contributed by atoms with Gasteiger partial charge in [-0.15, -0.1) is 0 Å². The van der Waals surface area contributed by atoms with E-state index in [1.807, 2.05) is 97.1 Å². The van der Waals surface area contributed by atoms with Crippen LogP contribution in [0.1, 0.15) is 0 Å². The summed E-state index contributed by atoms with van der Waals surface area (Å²) in [5.41, 5.74) is 30.3. The lowest BCUT2D eigenvalue weighted by Crippen LogP contribution is -2.04. The third-order valence-corrected chi connectivity index (χ3v) is 5.86. The van der Waals surface area contributed by atoms with Crippen molar-refractivity contribution in [1.82, 2.24) is 19.9 Å². The molecule has 8 aromatic rings. The molecular weight excluding hydrogens is 752 g/mol. The van der Waals surface area contributed by atoms with Crippen LogP contribution in [0.3, 0.4) is 0 Å². The number of H-pyrrole nitrogens is 8. The second-order valence-corrected chi connectivity index (χ2v) is 9.73. The number of nitrogens with one attached hydrogen (secondary N) is 8. The zero-order valence-electron chi connectivity index (χ0n) is 28.2. The Bertz CT molecular complexity index is 1940. The lowest BCUT2D eigenvalue weighted by molar-refractivity contribution is -0.403. The van der Waals surface area contributed by atoms with E-state index in [1.54, 1.807) is 0 Å². The molecule has 0 fully saturated rings. The van der Waals surface area contributed by atoms with Crippen LogP contribution in [0.15, 0.2) is 97.1 Å². The second-order valence-electron chi connectivity index (χ2n) is 9.73. The average molecular weight is 785 g/mol. The summed E-state index contributed by atoms with van der Waals surface area (Å²) >= 11 is 0. The molecule has 0 atom stereocenters. The van der Waals surface area contributed by atoms with Crippen molar-refractivity contribution in [2.75, 3.05) is 22.9 Å². The van der Waals surface area contributed by atoms with Crippen molar-refractivity contribution >= 4 is 67.9 Å². The van der Waals surface area contributed by atoms with Crippen molar-refractivity contribution in [3.05, 3.63) is 158 Å². The minimum Gasteiger partial charge on any atom is -0.356 e. The van der Waals surface area contributed by atoms with Gasteiger partial charge in [-0.2, -0.15) is 0 Å². The molecule has 0 aliphatic rings. The number of fused-ring (bicyclic) bond motifs is 4. The first kappa shape index (κ1) is 44.8. The van der Waals surface area contributed by atoms with E-state index in [0.717, 1.165) is 44.1 Å². The van der Waals surface area contributed by atoms with Crippen molar-refractivity contribution in [1.29, 1.82) is 0 Å². The van der Waals surface area contributed by atoms with Crippen molar-refractivity contribution in [3.8, 4) is 0 Å². The van der Waals surface area contributed by atoms with Gasteiger partial charge in [-0.25, -0.2) is 39.9 Å². The maximum absolute atomic E-state index is 8.25. The molecule has 4 heterocycles. The Labute approximate surface area is 309 Å². The number of aromatic amines is 8. The van der Waals surface area contributed by atoms with E-state index >= 15 is 0 Å². The zero-order valence-corrected chi connectivity index (χ0v) is 28.2. The van der Waals surface area contributed by atoms with E-state index < -0.39 is 20.3 Å². The maximum Gasteiger partial charge on any atom is 0.351 e. The maximum atomic E-state index is 8.25. The number of nitrogens with zero attached hydrogens (tertiary/aromatic N) is 4. The molecule has 4 aromatic heterocycles. The third kappa shape index (κ3) is 19.2. The highest BCUT2D eigenvalue weighted by molar-refractivity contribution is 5.73. The number of anilines is 4. The molecule has 0 saturated carbocycles. The molecule has 16 N–H and O–H groups in total. The molecule has 0 aliphatic carbocycles. The van der Waals surface area contributed by atoms with Crippen molar-refractivity contribution in [3.63, 3.8) is 0 Å². The molecule has 28 nitrogen and oxygen atoms in total. The van der Waals surface area contributed by atoms with Gasteiger partial charge >= 0.3 is 23.8 Å². The Kier molecular flexibility index (Phi) is 18.6. The van der Waals surface area contributed by atoms with Crippen LogP contribution < -0.4 is 42.9 Å². The molecule has 4 aromatic carbocycles. The standard InChI is InChI=1S/4C7H7N3.4NO3/c4*8-7-9-5-3-1-2-4-6(5)10-7;4*2-1(3)4/h4*1-4H,(H3,8,9,10);;;;/q;;;;4*-1/p+4. The van der Waals surface area contributed by atoms with Gasteiger partial charge in [0, 0.05) is 0 Å². The largest absolute Gasteiger partial charge is 0.356 e. The third-order valence-electron chi connectivity index (χ3n) is 5.86. The first-order valence-corrected chi connectivity index (χ1v) is 14.7. The Morgan fingerprint density at radius 2 is 0.482 bits per heavy atom. The molecule has 0 spiro atoms. The molecule has 0 unspecified atom stereocenters. The monoisotopic (exact) mass is 784 g/mol. The van der Waals surface area contributed by atoms with Gasteiger partial charge in [-0.3, -0.25) is 22.9 Å². The SMILES string of the molecule is Nc1[nH]c2ccccc2[nH+]1.Nc1[nH]c2ccccc2[nH+]1.Nc1[nH]c2ccccc2[nH+]1.Nc1[nH]c2ccccc2[nH+]1.O=[N+]([O-])[O-].O=[N+]([O-])[O-].O=[N+]([O-])[O-].O=[N+]([O-])[O-]. The highest BCUT2D eigenvalue weighted by Crippen LogP contribution is 2.08. The summed E-state index contributed by atoms with van der Waals surface area (Å²) in [6.45, 7) is 0. The predicted molar refractivity (Wildman–Crippen MR) is 199 cm³/mol. The van der Waals surface area contributed by atoms with Crippen LogP contribution in [0.25, 0.3) is 44.1 Å². The summed E-state index contributed by atoms with van der Waals surface area (Å²) in [5, 5.41) is 59.0. The number of rotatable bonds is 0. The Morgan fingerprint density at radius 3 is 0.625 bits per heavy atom. The summed E-state index contributed by atoms with van der Waals surface area (Å²) in [4.78, 5) is 56.8. The van der Waals surface area contributed by atoms with Crippen molar-refractivity contribution < 1.29 is 40.3 Å². The van der Waals surface area contributed by atoms with Crippen LogP contribution in [-0.4, -0.2) is 40.3 Å². The van der Waals surface area contributed by atoms with Gasteiger partial charge in [0.25, 0.3) is 0 Å². The Hall–Kier alpha value is -9.24. The molecular formula is C28H32N16O12. The van der Waals surface area contributed by atoms with Crippen LogP contribution >= 0.6 is 0 Å². The average Bonchev–Trinajstić information content (AvgIpc) is 3.86. The number of aromatic nitrogens is 8. The number of nitrogen functional groups attached to an aromatic ring is 4. The molecule has 8 rings (SSSR count). The summed E-state index contributed by atoms with van der Waals surface area (Å²) < 4.78 is 0. The van der Waals surface area contributed by atoms with E-state index in [9.17, 15) is 0 Å². The van der Waals surface area contributed by atoms with Crippen LogP contribution in [0.5, 0.6) is 0 Å². The fourth-order valence-corrected chi connectivity index (χ4v) is 4.09. The topological polar surface area (TPSA) is 489 Å². The van der Waals surface area contributed by atoms with Gasteiger partial charge in [-0.1, -0.05) is 48.5 Å². The predicted octanol–water partition coefficient (Wildman–Crippen LogP) is 1.30. The highest BCUT2D eigenvalue weighted by Gasteiger charge is 2.03. The zero-order chi connectivity index (χ0) is 42.2. The van der Waals surface area contributed by atoms with E-state index in [2.05, 4.69) is 39.9 Å². The van der Waals surface area contributed by atoms with E-state index in [0.29, 0.717) is 23.8 Å². The molecule has 0 saturated heterocycles. The lowest BCUT2D eigenvalue weighted by Gasteiger charge is -1.77. The second kappa shape index (κ2) is 23.3. The molecule has 0 amide bonds. The summed E-state index contributed by atoms with van der Waals surface area (Å²) in [6.07, 6.45) is 0. The minimum absolute atomic E-state index is 0.598. The molecule has 56 heavy (non-hydrogen) atoms. The van der Waals surface area contributed by atoms with E-state index in [1.165, 1.54) is 0 Å². The van der Waals surface area contributed by atoms with Crippen LogP contribution in [0.4, 0.5) is 23.8 Å². The van der Waals surface area contributed by atoms with Gasteiger partial charge in [0.05, 0.1) is 20.3 Å². The summed E-state index contributed by atoms with van der Waals surface area (Å²) in [7, 11) is 0.